The molecule has 0 N–H and O–H groups in total. The van der Waals surface area contributed by atoms with E-state index in [0.29, 0.717) is 10.7 Å². The van der Waals surface area contributed by atoms with E-state index in [2.05, 4.69) is 45.2 Å². The Morgan fingerprint density at radius 3 is 2.94 bits per heavy atom. The average molecular weight is 304 g/mol. The van der Waals surface area contributed by atoms with Gasteiger partial charge in [-0.05, 0) is 42.9 Å². The summed E-state index contributed by atoms with van der Waals surface area (Å²) in [5, 5.41) is 1.24. The Bertz CT molecular complexity index is 537. The molecule has 1 aliphatic rings. The molecule has 0 bridgehead atoms. The Morgan fingerprint density at radius 2 is 2.00 bits per heavy atom. The van der Waals surface area contributed by atoms with Crippen molar-refractivity contribution in [3.63, 3.8) is 0 Å². The van der Waals surface area contributed by atoms with Crippen LogP contribution in [-0.2, 0) is 0 Å². The summed E-state index contributed by atoms with van der Waals surface area (Å²) in [7, 11) is 0. The van der Waals surface area contributed by atoms with Crippen LogP contribution in [0, 0.1) is 0 Å². The largest absolute Gasteiger partial charge is 0.256 e. The van der Waals surface area contributed by atoms with Crippen LogP contribution in [0.4, 0.5) is 0 Å². The van der Waals surface area contributed by atoms with Gasteiger partial charge in [-0.25, -0.2) is 0 Å². The lowest BCUT2D eigenvalue weighted by Crippen LogP contribution is -2.03. The van der Waals surface area contributed by atoms with Crippen molar-refractivity contribution in [2.45, 2.75) is 42.8 Å². The van der Waals surface area contributed by atoms with Gasteiger partial charge < -0.3 is 0 Å². The highest BCUT2D eigenvalue weighted by atomic mass is 79.9. The smallest absolute Gasteiger partial charge is 0.0704 e. The Kier molecular flexibility index (Phi) is 3.64. The monoisotopic (exact) mass is 303 g/mol. The molecule has 3 rings (SSSR count). The fourth-order valence-corrected chi connectivity index (χ4v) is 3.72. The minimum atomic E-state index is 0.685. The van der Waals surface area contributed by atoms with E-state index in [4.69, 9.17) is 0 Å². The van der Waals surface area contributed by atoms with Crippen molar-refractivity contribution in [1.29, 1.82) is 0 Å². The fraction of sp³-hybridized carbons (Fsp3) is 0.438. The lowest BCUT2D eigenvalue weighted by atomic mass is 9.91. The molecule has 2 aromatic rings. The molecule has 18 heavy (non-hydrogen) atoms. The molecule has 0 saturated heterocycles. The van der Waals surface area contributed by atoms with Crippen LogP contribution < -0.4 is 0 Å². The van der Waals surface area contributed by atoms with Crippen LogP contribution in [0.25, 0.3) is 10.9 Å². The van der Waals surface area contributed by atoms with Crippen molar-refractivity contribution in [3.05, 3.63) is 42.1 Å². The second-order valence-corrected chi connectivity index (χ2v) is 6.56. The molecule has 1 aromatic carbocycles. The Morgan fingerprint density at radius 1 is 1.11 bits per heavy atom. The van der Waals surface area contributed by atoms with Crippen LogP contribution >= 0.6 is 15.9 Å². The Hall–Kier alpha value is -0.890. The van der Waals surface area contributed by atoms with Crippen molar-refractivity contribution in [2.24, 2.45) is 0 Å². The third-order valence-corrected chi connectivity index (χ3v) is 4.79. The first kappa shape index (κ1) is 12.2. The molecule has 0 aliphatic heterocycles. The lowest BCUT2D eigenvalue weighted by molar-refractivity contribution is 0.600. The summed E-state index contributed by atoms with van der Waals surface area (Å²) < 4.78 is 0. The van der Waals surface area contributed by atoms with Gasteiger partial charge in [-0.3, -0.25) is 4.98 Å². The van der Waals surface area contributed by atoms with Crippen molar-refractivity contribution in [2.75, 3.05) is 0 Å². The molecule has 1 aromatic heterocycles. The zero-order valence-electron chi connectivity index (χ0n) is 10.5. The van der Waals surface area contributed by atoms with E-state index >= 15 is 0 Å². The minimum absolute atomic E-state index is 0.685. The molecule has 0 spiro atoms. The SMILES string of the molecule is BrC1CCCCC(c2ccc3cccnc3c2)C1. The highest BCUT2D eigenvalue weighted by Gasteiger charge is 2.19. The second-order valence-electron chi connectivity index (χ2n) is 5.27. The lowest BCUT2D eigenvalue weighted by Gasteiger charge is -2.17. The van der Waals surface area contributed by atoms with E-state index in [1.807, 2.05) is 12.3 Å². The van der Waals surface area contributed by atoms with Crippen molar-refractivity contribution >= 4 is 26.8 Å². The molecule has 1 saturated carbocycles. The maximum Gasteiger partial charge on any atom is 0.0704 e. The van der Waals surface area contributed by atoms with E-state index in [0.717, 1.165) is 5.52 Å². The van der Waals surface area contributed by atoms with Gasteiger partial charge in [0, 0.05) is 16.4 Å². The number of hydrogen-bond acceptors (Lipinski definition) is 1. The van der Waals surface area contributed by atoms with Gasteiger partial charge in [-0.15, -0.1) is 0 Å². The van der Waals surface area contributed by atoms with Crippen LogP contribution in [0.2, 0.25) is 0 Å². The average Bonchev–Trinajstić information content (AvgIpc) is 2.63. The van der Waals surface area contributed by atoms with Gasteiger partial charge in [-0.2, -0.15) is 0 Å². The number of benzene rings is 1. The zero-order chi connectivity index (χ0) is 12.4. The molecule has 1 fully saturated rings. The van der Waals surface area contributed by atoms with Gasteiger partial charge in [-0.1, -0.05) is 47.0 Å². The van der Waals surface area contributed by atoms with E-state index in [1.165, 1.54) is 43.1 Å². The van der Waals surface area contributed by atoms with E-state index in [1.54, 1.807) is 0 Å². The van der Waals surface area contributed by atoms with Crippen molar-refractivity contribution in [3.8, 4) is 0 Å². The summed E-state index contributed by atoms with van der Waals surface area (Å²) in [6.07, 6.45) is 8.50. The molecular formula is C16H18BrN. The second kappa shape index (κ2) is 5.40. The molecule has 1 aliphatic carbocycles. The highest BCUT2D eigenvalue weighted by Crippen LogP contribution is 2.35. The summed E-state index contributed by atoms with van der Waals surface area (Å²) in [4.78, 5) is 5.15. The number of fused-ring (bicyclic) bond motifs is 1. The van der Waals surface area contributed by atoms with Crippen LogP contribution in [0.3, 0.4) is 0 Å². The van der Waals surface area contributed by atoms with E-state index < -0.39 is 0 Å². The molecule has 0 radical (unpaired) electrons. The number of rotatable bonds is 1. The van der Waals surface area contributed by atoms with Crippen LogP contribution in [-0.4, -0.2) is 9.81 Å². The van der Waals surface area contributed by atoms with Gasteiger partial charge in [0.15, 0.2) is 0 Å². The number of pyridine rings is 1. The van der Waals surface area contributed by atoms with Crippen LogP contribution in [0.15, 0.2) is 36.5 Å². The van der Waals surface area contributed by atoms with Gasteiger partial charge in [0.1, 0.15) is 0 Å². The minimum Gasteiger partial charge on any atom is -0.256 e. The molecule has 2 atom stereocenters. The van der Waals surface area contributed by atoms with Gasteiger partial charge >= 0.3 is 0 Å². The Balaban J connectivity index is 1.92. The van der Waals surface area contributed by atoms with E-state index in [-0.39, 0.29) is 0 Å². The first-order valence-electron chi connectivity index (χ1n) is 6.82. The third-order valence-electron chi connectivity index (χ3n) is 3.96. The molecule has 94 valence electrons. The van der Waals surface area contributed by atoms with Crippen molar-refractivity contribution < 1.29 is 0 Å². The van der Waals surface area contributed by atoms with Crippen molar-refractivity contribution in [1.82, 2.24) is 4.98 Å². The molecule has 0 amide bonds. The molecular weight excluding hydrogens is 286 g/mol. The molecule has 1 nitrogen and oxygen atoms in total. The summed E-state index contributed by atoms with van der Waals surface area (Å²) in [5.41, 5.74) is 2.60. The van der Waals surface area contributed by atoms with Gasteiger partial charge in [0.2, 0.25) is 0 Å². The quantitative estimate of drug-likeness (QED) is 0.531. The highest BCUT2D eigenvalue weighted by molar-refractivity contribution is 9.09. The topological polar surface area (TPSA) is 12.9 Å². The predicted molar refractivity (Wildman–Crippen MR) is 80.3 cm³/mol. The normalized spacial score (nSPS) is 24.9. The first-order valence-corrected chi connectivity index (χ1v) is 7.73. The number of nitrogens with zero attached hydrogens (tertiary/aromatic N) is 1. The predicted octanol–water partition coefficient (Wildman–Crippen LogP) is 5.05. The summed E-state index contributed by atoms with van der Waals surface area (Å²) in [5.74, 6) is 0.697. The molecule has 2 unspecified atom stereocenters. The standard InChI is InChI=1S/C16H18BrN/c17-15-6-2-1-4-13(10-15)14-8-7-12-5-3-9-18-16(12)11-14/h3,5,7-9,11,13,15H,1-2,4,6,10H2. The first-order chi connectivity index (χ1) is 8.83. The zero-order valence-corrected chi connectivity index (χ0v) is 12.1. The summed E-state index contributed by atoms with van der Waals surface area (Å²) in [6.45, 7) is 0. The van der Waals surface area contributed by atoms with E-state index in [9.17, 15) is 0 Å². The molecule has 1 heterocycles. The number of aromatic nitrogens is 1. The third kappa shape index (κ3) is 2.59. The Labute approximate surface area is 117 Å². The summed E-state index contributed by atoms with van der Waals surface area (Å²) >= 11 is 3.81. The maximum absolute atomic E-state index is 4.47. The maximum atomic E-state index is 4.47. The van der Waals surface area contributed by atoms with Crippen LogP contribution in [0.5, 0.6) is 0 Å². The number of hydrogen-bond donors (Lipinski definition) is 0. The van der Waals surface area contributed by atoms with Crippen LogP contribution in [0.1, 0.15) is 43.6 Å². The summed E-state index contributed by atoms with van der Waals surface area (Å²) in [6, 6.07) is 10.9. The number of halogens is 1. The fourth-order valence-electron chi connectivity index (χ4n) is 2.94. The molecule has 2 heteroatoms. The van der Waals surface area contributed by atoms with Gasteiger partial charge in [0.05, 0.1) is 5.52 Å². The van der Waals surface area contributed by atoms with Gasteiger partial charge in [0.25, 0.3) is 0 Å². The number of alkyl halides is 1.